The molecule has 0 heterocycles. The van der Waals surface area contributed by atoms with E-state index in [0.717, 1.165) is 22.9 Å². The monoisotopic (exact) mass is 309 g/mol. The Hall–Kier alpha value is -0.830. The highest BCUT2D eigenvalue weighted by molar-refractivity contribution is 9.10. The predicted molar refractivity (Wildman–Crippen MR) is 77.7 cm³/mol. The summed E-state index contributed by atoms with van der Waals surface area (Å²) in [7, 11) is 1.94. The van der Waals surface area contributed by atoms with Crippen LogP contribution in [0.4, 0.5) is 0 Å². The average molecular weight is 310 g/mol. The lowest BCUT2D eigenvalue weighted by Gasteiger charge is -2.27. The first-order valence-corrected chi connectivity index (χ1v) is 7.51. The van der Waals surface area contributed by atoms with Crippen molar-refractivity contribution in [2.24, 2.45) is 0 Å². The molecular formula is C15H20BrNO. The molecule has 1 aromatic rings. The Balaban J connectivity index is 2.10. The van der Waals surface area contributed by atoms with Crippen LogP contribution in [0, 0.1) is 0 Å². The molecule has 1 amide bonds. The molecule has 18 heavy (non-hydrogen) atoms. The number of rotatable bonds is 2. The van der Waals surface area contributed by atoms with Gasteiger partial charge in [-0.3, -0.25) is 4.79 Å². The van der Waals surface area contributed by atoms with Gasteiger partial charge in [0.1, 0.15) is 0 Å². The lowest BCUT2D eigenvalue weighted by molar-refractivity contribution is 0.0717. The summed E-state index contributed by atoms with van der Waals surface area (Å²) in [5, 5.41) is 0. The van der Waals surface area contributed by atoms with Crippen LogP contribution in [0.25, 0.3) is 0 Å². The van der Waals surface area contributed by atoms with E-state index >= 15 is 0 Å². The van der Waals surface area contributed by atoms with Gasteiger partial charge in [-0.25, -0.2) is 0 Å². The van der Waals surface area contributed by atoms with Crippen LogP contribution in [0.5, 0.6) is 0 Å². The van der Waals surface area contributed by atoms with Gasteiger partial charge < -0.3 is 4.90 Å². The van der Waals surface area contributed by atoms with E-state index < -0.39 is 0 Å². The van der Waals surface area contributed by atoms with Crippen molar-refractivity contribution in [1.29, 1.82) is 0 Å². The van der Waals surface area contributed by atoms with Crippen molar-refractivity contribution in [2.75, 3.05) is 7.05 Å². The molecule has 0 radical (unpaired) electrons. The molecule has 1 aromatic carbocycles. The molecule has 0 N–H and O–H groups in total. The Morgan fingerprint density at radius 1 is 1.17 bits per heavy atom. The van der Waals surface area contributed by atoms with Crippen LogP contribution in [0.2, 0.25) is 0 Å². The maximum Gasteiger partial charge on any atom is 0.254 e. The highest BCUT2D eigenvalue weighted by Crippen LogP contribution is 2.24. The average Bonchev–Trinajstić information content (AvgIpc) is 2.66. The molecule has 0 aromatic heterocycles. The summed E-state index contributed by atoms with van der Waals surface area (Å²) in [6.07, 6.45) is 7.41. The molecule has 0 unspecified atom stereocenters. The number of hydrogen-bond donors (Lipinski definition) is 0. The molecule has 2 rings (SSSR count). The number of benzene rings is 1. The molecule has 0 bridgehead atoms. The van der Waals surface area contributed by atoms with E-state index in [9.17, 15) is 4.79 Å². The van der Waals surface area contributed by atoms with E-state index in [4.69, 9.17) is 0 Å². The van der Waals surface area contributed by atoms with Crippen LogP contribution >= 0.6 is 15.9 Å². The Kier molecular flexibility index (Phi) is 4.81. The zero-order chi connectivity index (χ0) is 13.0. The molecule has 98 valence electrons. The molecule has 1 aliphatic rings. The maximum absolute atomic E-state index is 12.5. The molecule has 1 aliphatic carbocycles. The number of nitrogens with zero attached hydrogens (tertiary/aromatic N) is 1. The van der Waals surface area contributed by atoms with Gasteiger partial charge in [0.25, 0.3) is 5.91 Å². The van der Waals surface area contributed by atoms with Gasteiger partial charge in [0.05, 0.1) is 5.56 Å². The fraction of sp³-hybridized carbons (Fsp3) is 0.533. The second-order valence-corrected chi connectivity index (χ2v) is 5.90. The number of halogens is 1. The zero-order valence-corrected chi connectivity index (χ0v) is 12.4. The summed E-state index contributed by atoms with van der Waals surface area (Å²) in [6, 6.07) is 8.08. The van der Waals surface area contributed by atoms with E-state index in [1.165, 1.54) is 25.7 Å². The number of carbonyl (C=O) groups excluding carboxylic acids is 1. The van der Waals surface area contributed by atoms with Crippen molar-refractivity contribution in [2.45, 2.75) is 44.6 Å². The third-order valence-corrected chi connectivity index (χ3v) is 4.49. The Morgan fingerprint density at radius 3 is 2.39 bits per heavy atom. The topological polar surface area (TPSA) is 20.3 Å². The quantitative estimate of drug-likeness (QED) is 0.748. The molecule has 0 saturated heterocycles. The van der Waals surface area contributed by atoms with Gasteiger partial charge >= 0.3 is 0 Å². The van der Waals surface area contributed by atoms with E-state index in [1.54, 1.807) is 0 Å². The minimum Gasteiger partial charge on any atom is -0.339 e. The number of amides is 1. The van der Waals surface area contributed by atoms with Crippen molar-refractivity contribution in [3.63, 3.8) is 0 Å². The molecule has 2 nitrogen and oxygen atoms in total. The molecule has 0 aliphatic heterocycles. The van der Waals surface area contributed by atoms with Gasteiger partial charge in [0.2, 0.25) is 0 Å². The Labute approximate surface area is 117 Å². The molecular weight excluding hydrogens is 290 g/mol. The highest BCUT2D eigenvalue weighted by Gasteiger charge is 2.23. The fourth-order valence-electron chi connectivity index (χ4n) is 2.64. The van der Waals surface area contributed by atoms with Gasteiger partial charge in [0, 0.05) is 17.6 Å². The van der Waals surface area contributed by atoms with E-state index in [2.05, 4.69) is 15.9 Å². The van der Waals surface area contributed by atoms with Gasteiger partial charge in [-0.15, -0.1) is 0 Å². The zero-order valence-electron chi connectivity index (χ0n) is 10.9. The summed E-state index contributed by atoms with van der Waals surface area (Å²) in [5.74, 6) is 0.134. The van der Waals surface area contributed by atoms with Gasteiger partial charge in [-0.1, -0.05) is 37.8 Å². The molecule has 0 atom stereocenters. The van der Waals surface area contributed by atoms with Crippen molar-refractivity contribution >= 4 is 21.8 Å². The third-order valence-electron chi connectivity index (χ3n) is 3.80. The minimum atomic E-state index is 0.134. The summed E-state index contributed by atoms with van der Waals surface area (Å²) in [5.41, 5.74) is 0.768. The smallest absolute Gasteiger partial charge is 0.254 e. The standard InChI is InChI=1S/C15H20BrNO/c1-17(12-8-4-2-3-5-9-12)15(18)13-10-6-7-11-14(13)16/h6-7,10-12H,2-5,8-9H2,1H3. The summed E-state index contributed by atoms with van der Waals surface area (Å²) in [4.78, 5) is 14.4. The van der Waals surface area contributed by atoms with Gasteiger partial charge in [0.15, 0.2) is 0 Å². The summed E-state index contributed by atoms with van der Waals surface area (Å²) < 4.78 is 0.885. The SMILES string of the molecule is CN(C(=O)c1ccccc1Br)C1CCCCCC1. The predicted octanol–water partition coefficient (Wildman–Crippen LogP) is 4.24. The first kappa shape index (κ1) is 13.6. The van der Waals surface area contributed by atoms with Crippen LogP contribution in [0.15, 0.2) is 28.7 Å². The molecule has 1 fully saturated rings. The van der Waals surface area contributed by atoms with Crippen LogP contribution in [-0.4, -0.2) is 23.9 Å². The molecule has 3 heteroatoms. The van der Waals surface area contributed by atoms with Crippen LogP contribution in [0.3, 0.4) is 0 Å². The van der Waals surface area contributed by atoms with E-state index in [-0.39, 0.29) is 5.91 Å². The normalized spacial score (nSPS) is 17.2. The fourth-order valence-corrected chi connectivity index (χ4v) is 3.09. The minimum absolute atomic E-state index is 0.134. The van der Waals surface area contributed by atoms with E-state index in [0.29, 0.717) is 6.04 Å². The third kappa shape index (κ3) is 3.14. The van der Waals surface area contributed by atoms with Crippen LogP contribution in [0.1, 0.15) is 48.9 Å². The van der Waals surface area contributed by atoms with Crippen molar-refractivity contribution in [3.05, 3.63) is 34.3 Å². The van der Waals surface area contributed by atoms with Crippen molar-refractivity contribution < 1.29 is 4.79 Å². The van der Waals surface area contributed by atoms with Crippen molar-refractivity contribution in [3.8, 4) is 0 Å². The van der Waals surface area contributed by atoms with Crippen LogP contribution in [-0.2, 0) is 0 Å². The Bertz CT molecular complexity index is 411. The van der Waals surface area contributed by atoms with Crippen molar-refractivity contribution in [1.82, 2.24) is 4.90 Å². The van der Waals surface area contributed by atoms with Gasteiger partial charge in [-0.05, 0) is 40.9 Å². The number of hydrogen-bond acceptors (Lipinski definition) is 1. The first-order valence-electron chi connectivity index (χ1n) is 6.72. The summed E-state index contributed by atoms with van der Waals surface area (Å²) in [6.45, 7) is 0. The Morgan fingerprint density at radius 2 is 1.78 bits per heavy atom. The summed E-state index contributed by atoms with van der Waals surface area (Å²) >= 11 is 3.46. The molecule has 1 saturated carbocycles. The second-order valence-electron chi connectivity index (χ2n) is 5.04. The largest absolute Gasteiger partial charge is 0.339 e. The first-order chi connectivity index (χ1) is 8.70. The second kappa shape index (κ2) is 6.37. The molecule has 0 spiro atoms. The maximum atomic E-state index is 12.5. The lowest BCUT2D eigenvalue weighted by Crippen LogP contribution is -2.36. The lowest BCUT2D eigenvalue weighted by atomic mass is 10.1. The number of carbonyl (C=O) groups is 1. The van der Waals surface area contributed by atoms with Gasteiger partial charge in [-0.2, -0.15) is 0 Å². The van der Waals surface area contributed by atoms with E-state index in [1.807, 2.05) is 36.2 Å². The highest BCUT2D eigenvalue weighted by atomic mass is 79.9. The van der Waals surface area contributed by atoms with Crippen LogP contribution < -0.4 is 0 Å².